The Bertz CT molecular complexity index is 1130. The molecule has 0 saturated carbocycles. The summed E-state index contributed by atoms with van der Waals surface area (Å²) in [5.74, 6) is -1.52. The third-order valence-corrected chi connectivity index (χ3v) is 6.62. The van der Waals surface area contributed by atoms with E-state index in [9.17, 15) is 22.4 Å². The van der Waals surface area contributed by atoms with Gasteiger partial charge in [0.05, 0.1) is 13.2 Å². The van der Waals surface area contributed by atoms with Crippen molar-refractivity contribution in [3.63, 3.8) is 0 Å². The van der Waals surface area contributed by atoms with Gasteiger partial charge in [-0.25, -0.2) is 12.8 Å². The third-order valence-electron chi connectivity index (χ3n) is 4.71. The molecule has 2 amide bonds. The van der Waals surface area contributed by atoms with Crippen molar-refractivity contribution < 1.29 is 36.6 Å². The molecule has 31 heavy (non-hydrogen) atoms. The molecule has 1 fully saturated rings. The number of carbonyl (C=O) groups excluding carboxylic acids is 2. The zero-order valence-corrected chi connectivity index (χ0v) is 16.9. The first-order chi connectivity index (χ1) is 14.9. The summed E-state index contributed by atoms with van der Waals surface area (Å²) in [5.41, 5.74) is 4.47. The summed E-state index contributed by atoms with van der Waals surface area (Å²) in [7, 11) is -4.14. The smallest absolute Gasteiger partial charge is 0.269 e. The number of sulfonamides is 1. The average Bonchev–Trinajstić information content (AvgIpc) is 3.26. The van der Waals surface area contributed by atoms with Crippen molar-refractivity contribution in [3.8, 4) is 11.5 Å². The van der Waals surface area contributed by atoms with Gasteiger partial charge in [-0.15, -0.1) is 0 Å². The molecule has 0 spiro atoms. The van der Waals surface area contributed by atoms with E-state index in [2.05, 4.69) is 10.9 Å². The van der Waals surface area contributed by atoms with Crippen LogP contribution in [0.15, 0.2) is 41.3 Å². The number of morpholine rings is 1. The molecule has 12 heteroatoms. The maximum absolute atomic E-state index is 14.3. The van der Waals surface area contributed by atoms with Gasteiger partial charge in [0, 0.05) is 24.2 Å². The summed E-state index contributed by atoms with van der Waals surface area (Å²) in [6.45, 7) is 0.630. The van der Waals surface area contributed by atoms with Gasteiger partial charge in [0.2, 0.25) is 16.8 Å². The Hall–Kier alpha value is -3.22. The van der Waals surface area contributed by atoms with E-state index in [1.807, 2.05) is 0 Å². The first-order valence-corrected chi connectivity index (χ1v) is 10.7. The Morgan fingerprint density at radius 3 is 2.23 bits per heavy atom. The molecule has 4 rings (SSSR count). The molecule has 164 valence electrons. The van der Waals surface area contributed by atoms with Crippen LogP contribution in [0.25, 0.3) is 0 Å². The predicted molar refractivity (Wildman–Crippen MR) is 103 cm³/mol. The second kappa shape index (κ2) is 8.49. The van der Waals surface area contributed by atoms with Gasteiger partial charge in [-0.1, -0.05) is 0 Å². The Morgan fingerprint density at radius 2 is 1.52 bits per heavy atom. The minimum absolute atomic E-state index is 0.0530. The molecular formula is C19H18FN3O7S. The molecule has 0 atom stereocenters. The average molecular weight is 451 g/mol. The number of fused-ring (bicyclic) bond motifs is 1. The molecule has 0 bridgehead atoms. The molecule has 2 aliphatic heterocycles. The molecule has 2 aromatic rings. The first-order valence-electron chi connectivity index (χ1n) is 9.24. The minimum atomic E-state index is -4.14. The number of halogens is 1. The summed E-state index contributed by atoms with van der Waals surface area (Å²) in [4.78, 5) is 24.1. The molecule has 0 unspecified atom stereocenters. The molecule has 2 aliphatic rings. The van der Waals surface area contributed by atoms with Crippen LogP contribution in [-0.4, -0.2) is 57.6 Å². The van der Waals surface area contributed by atoms with Crippen LogP contribution in [0.1, 0.15) is 20.7 Å². The van der Waals surface area contributed by atoms with Gasteiger partial charge in [-0.05, 0) is 36.4 Å². The minimum Gasteiger partial charge on any atom is -0.454 e. The molecule has 0 aromatic heterocycles. The topological polar surface area (TPSA) is 123 Å². The van der Waals surface area contributed by atoms with Crippen LogP contribution in [0.5, 0.6) is 11.5 Å². The van der Waals surface area contributed by atoms with Crippen LogP contribution in [0.2, 0.25) is 0 Å². The predicted octanol–water partition coefficient (Wildman–Crippen LogP) is 0.650. The van der Waals surface area contributed by atoms with Gasteiger partial charge >= 0.3 is 0 Å². The van der Waals surface area contributed by atoms with E-state index in [-0.39, 0.29) is 44.2 Å². The fraction of sp³-hybridized carbons (Fsp3) is 0.263. The van der Waals surface area contributed by atoms with Crippen LogP contribution in [0, 0.1) is 5.82 Å². The molecule has 10 nitrogen and oxygen atoms in total. The molecule has 2 aromatic carbocycles. The monoisotopic (exact) mass is 451 g/mol. The van der Waals surface area contributed by atoms with E-state index in [0.717, 1.165) is 22.5 Å². The Balaban J connectivity index is 1.46. The number of nitrogens with zero attached hydrogens (tertiary/aromatic N) is 1. The van der Waals surface area contributed by atoms with Gasteiger partial charge in [-0.3, -0.25) is 20.4 Å². The summed E-state index contributed by atoms with van der Waals surface area (Å²) in [6.07, 6.45) is 0. The zero-order chi connectivity index (χ0) is 22.0. The van der Waals surface area contributed by atoms with Crippen LogP contribution >= 0.6 is 0 Å². The summed E-state index contributed by atoms with van der Waals surface area (Å²) in [6, 6.07) is 7.44. The first kappa shape index (κ1) is 21.0. The number of nitrogens with one attached hydrogen (secondary N) is 2. The number of hydrogen-bond donors (Lipinski definition) is 2. The van der Waals surface area contributed by atoms with E-state index in [4.69, 9.17) is 14.2 Å². The largest absolute Gasteiger partial charge is 0.454 e. The van der Waals surface area contributed by atoms with Crippen molar-refractivity contribution in [1.29, 1.82) is 0 Å². The quantitative estimate of drug-likeness (QED) is 0.655. The third kappa shape index (κ3) is 4.31. The fourth-order valence-electron chi connectivity index (χ4n) is 3.06. The van der Waals surface area contributed by atoms with Gasteiger partial charge in [-0.2, -0.15) is 4.31 Å². The maximum Gasteiger partial charge on any atom is 0.269 e. The number of carbonyl (C=O) groups is 2. The Kier molecular flexibility index (Phi) is 5.76. The van der Waals surface area contributed by atoms with Crippen molar-refractivity contribution in [2.24, 2.45) is 0 Å². The number of rotatable bonds is 4. The van der Waals surface area contributed by atoms with Crippen LogP contribution in [0.3, 0.4) is 0 Å². The van der Waals surface area contributed by atoms with Crippen LogP contribution in [0.4, 0.5) is 4.39 Å². The molecule has 2 N–H and O–H groups in total. The van der Waals surface area contributed by atoms with Gasteiger partial charge in [0.25, 0.3) is 11.8 Å². The normalized spacial score (nSPS) is 16.0. The van der Waals surface area contributed by atoms with Crippen molar-refractivity contribution >= 4 is 21.8 Å². The lowest BCUT2D eigenvalue weighted by Gasteiger charge is -2.26. The second-order valence-electron chi connectivity index (χ2n) is 6.64. The second-order valence-corrected chi connectivity index (χ2v) is 8.54. The number of hydrazine groups is 1. The Morgan fingerprint density at radius 1 is 0.903 bits per heavy atom. The highest BCUT2D eigenvalue weighted by atomic mass is 32.2. The van der Waals surface area contributed by atoms with Gasteiger partial charge in [0.1, 0.15) is 10.7 Å². The van der Waals surface area contributed by atoms with E-state index in [0.29, 0.717) is 11.5 Å². The zero-order valence-electron chi connectivity index (χ0n) is 16.1. The number of amides is 2. The Labute approximate surface area is 176 Å². The van der Waals surface area contributed by atoms with Crippen molar-refractivity contribution in [3.05, 3.63) is 53.3 Å². The van der Waals surface area contributed by atoms with Crippen molar-refractivity contribution in [2.75, 3.05) is 33.1 Å². The molecule has 1 saturated heterocycles. The number of hydrogen-bond acceptors (Lipinski definition) is 7. The standard InChI is InChI=1S/C19H18FN3O7S/c20-14-3-1-13(10-17(14)31(26,27)23-5-7-28-8-6-23)19(25)22-21-18(24)12-2-4-15-16(9-12)30-11-29-15/h1-4,9-10H,5-8,11H2,(H,21,24)(H,22,25). The van der Waals surface area contributed by atoms with E-state index >= 15 is 0 Å². The molecule has 0 aliphatic carbocycles. The van der Waals surface area contributed by atoms with Crippen molar-refractivity contribution in [2.45, 2.75) is 4.90 Å². The highest BCUT2D eigenvalue weighted by molar-refractivity contribution is 7.89. The molecular weight excluding hydrogens is 433 g/mol. The lowest BCUT2D eigenvalue weighted by Crippen LogP contribution is -2.42. The van der Waals surface area contributed by atoms with Crippen molar-refractivity contribution in [1.82, 2.24) is 15.2 Å². The van der Waals surface area contributed by atoms with Gasteiger partial charge in [0.15, 0.2) is 11.5 Å². The SMILES string of the molecule is O=C(NNC(=O)c1ccc(F)c(S(=O)(=O)N2CCOCC2)c1)c1ccc2c(c1)OCO2. The lowest BCUT2D eigenvalue weighted by molar-refractivity contribution is 0.0729. The fourth-order valence-corrected chi connectivity index (χ4v) is 4.56. The van der Waals surface area contributed by atoms with Gasteiger partial charge < -0.3 is 14.2 Å². The lowest BCUT2D eigenvalue weighted by atomic mass is 10.2. The van der Waals surface area contributed by atoms with E-state index in [1.54, 1.807) is 6.07 Å². The van der Waals surface area contributed by atoms with Crippen LogP contribution < -0.4 is 20.3 Å². The molecule has 0 radical (unpaired) electrons. The highest BCUT2D eigenvalue weighted by Gasteiger charge is 2.30. The van der Waals surface area contributed by atoms with Crippen LogP contribution in [-0.2, 0) is 14.8 Å². The number of ether oxygens (including phenoxy) is 3. The molecule has 2 heterocycles. The maximum atomic E-state index is 14.3. The summed E-state index contributed by atoms with van der Waals surface area (Å²) >= 11 is 0. The summed E-state index contributed by atoms with van der Waals surface area (Å²) in [5, 5.41) is 0. The van der Waals surface area contributed by atoms with E-state index < -0.39 is 32.6 Å². The van der Waals surface area contributed by atoms with E-state index in [1.165, 1.54) is 12.1 Å². The summed E-state index contributed by atoms with van der Waals surface area (Å²) < 4.78 is 56.3. The highest BCUT2D eigenvalue weighted by Crippen LogP contribution is 2.32. The number of benzene rings is 2.